The van der Waals surface area contributed by atoms with Crippen molar-refractivity contribution in [2.75, 3.05) is 0 Å². The first kappa shape index (κ1) is 7.35. The Hall–Kier alpha value is -1.31. The second-order valence-electron chi connectivity index (χ2n) is 3.27. The lowest BCUT2D eigenvalue weighted by molar-refractivity contribution is -0.510. The maximum Gasteiger partial charge on any atom is 0.286 e. The molecule has 0 aromatic carbocycles. The monoisotopic (exact) mass is 161 g/mol. The van der Waals surface area contributed by atoms with Crippen molar-refractivity contribution in [2.45, 2.75) is 19.9 Å². The fourth-order valence-corrected chi connectivity index (χ4v) is 1.45. The molecule has 0 spiro atoms. The molecule has 0 aliphatic heterocycles. The van der Waals surface area contributed by atoms with Crippen LogP contribution < -0.4 is 4.40 Å². The van der Waals surface area contributed by atoms with E-state index in [1.54, 1.807) is 0 Å². The van der Waals surface area contributed by atoms with Crippen LogP contribution >= 0.6 is 0 Å². The predicted molar refractivity (Wildman–Crippen MR) is 48.0 cm³/mol. The first-order valence-electron chi connectivity index (χ1n) is 4.26. The van der Waals surface area contributed by atoms with Gasteiger partial charge in [0.1, 0.15) is 12.4 Å². The van der Waals surface area contributed by atoms with Gasteiger partial charge in [-0.25, -0.2) is 8.97 Å². The molecule has 0 aliphatic rings. The number of imidazole rings is 1. The van der Waals surface area contributed by atoms with Crippen LogP contribution in [-0.4, -0.2) is 4.57 Å². The zero-order valence-electron chi connectivity index (χ0n) is 7.44. The zero-order chi connectivity index (χ0) is 8.55. The van der Waals surface area contributed by atoms with Gasteiger partial charge in [-0.3, -0.25) is 0 Å². The molecule has 0 unspecified atom stereocenters. The highest BCUT2D eigenvalue weighted by molar-refractivity contribution is 5.30. The van der Waals surface area contributed by atoms with Crippen molar-refractivity contribution in [2.24, 2.45) is 0 Å². The molecule has 0 radical (unpaired) electrons. The molecule has 0 N–H and O–H groups in total. The number of rotatable bonds is 1. The van der Waals surface area contributed by atoms with Crippen molar-refractivity contribution in [1.29, 1.82) is 0 Å². The summed E-state index contributed by atoms with van der Waals surface area (Å²) in [5.74, 6) is 0. The number of hydrogen-bond acceptors (Lipinski definition) is 0. The molecule has 0 fully saturated rings. The molecule has 2 rings (SSSR count). The molecule has 2 aromatic heterocycles. The third-order valence-electron chi connectivity index (χ3n) is 2.08. The lowest BCUT2D eigenvalue weighted by Crippen LogP contribution is -2.18. The first-order valence-corrected chi connectivity index (χ1v) is 4.26. The fourth-order valence-electron chi connectivity index (χ4n) is 1.45. The lowest BCUT2D eigenvalue weighted by Gasteiger charge is -1.99. The van der Waals surface area contributed by atoms with Crippen LogP contribution in [-0.2, 0) is 0 Å². The fraction of sp³-hybridized carbons (Fsp3) is 0.300. The second kappa shape index (κ2) is 2.63. The number of pyridine rings is 1. The molecule has 2 nitrogen and oxygen atoms in total. The van der Waals surface area contributed by atoms with Crippen LogP contribution in [0.3, 0.4) is 0 Å². The summed E-state index contributed by atoms with van der Waals surface area (Å²) in [6, 6.07) is 6.75. The molecule has 0 atom stereocenters. The molecule has 0 saturated carbocycles. The summed E-state index contributed by atoms with van der Waals surface area (Å²) in [6.45, 7) is 4.38. The highest BCUT2D eigenvalue weighted by Gasteiger charge is 2.09. The van der Waals surface area contributed by atoms with E-state index in [9.17, 15) is 0 Å². The molecule has 0 amide bonds. The summed E-state index contributed by atoms with van der Waals surface area (Å²) in [6.07, 6.45) is 6.25. The summed E-state index contributed by atoms with van der Waals surface area (Å²) in [7, 11) is 0. The molecule has 62 valence electrons. The average Bonchev–Trinajstić information content (AvgIpc) is 2.47. The lowest BCUT2D eigenvalue weighted by atomic mass is 10.4. The summed E-state index contributed by atoms with van der Waals surface area (Å²) in [5, 5.41) is 0. The van der Waals surface area contributed by atoms with Gasteiger partial charge in [-0.05, 0) is 19.9 Å². The molecule has 2 heterocycles. The van der Waals surface area contributed by atoms with Crippen LogP contribution in [0, 0.1) is 0 Å². The summed E-state index contributed by atoms with van der Waals surface area (Å²) < 4.78 is 4.38. The van der Waals surface area contributed by atoms with Gasteiger partial charge in [0.15, 0.2) is 0 Å². The van der Waals surface area contributed by atoms with E-state index in [0.717, 1.165) is 0 Å². The van der Waals surface area contributed by atoms with Crippen LogP contribution in [0.5, 0.6) is 0 Å². The minimum absolute atomic E-state index is 0.525. The highest BCUT2D eigenvalue weighted by atomic mass is 15.1. The van der Waals surface area contributed by atoms with E-state index in [0.29, 0.717) is 6.04 Å². The Morgan fingerprint density at radius 3 is 2.83 bits per heavy atom. The van der Waals surface area contributed by atoms with Crippen LogP contribution in [0.25, 0.3) is 5.65 Å². The van der Waals surface area contributed by atoms with E-state index in [-0.39, 0.29) is 0 Å². The Kier molecular flexibility index (Phi) is 1.61. The van der Waals surface area contributed by atoms with Crippen molar-refractivity contribution < 1.29 is 4.40 Å². The normalized spacial score (nSPS) is 11.2. The molecule has 2 heteroatoms. The average molecular weight is 161 g/mol. The van der Waals surface area contributed by atoms with Gasteiger partial charge in [-0.15, -0.1) is 0 Å². The molecule has 0 saturated heterocycles. The Balaban J connectivity index is 2.70. The number of fused-ring (bicyclic) bond motifs is 1. The zero-order valence-corrected chi connectivity index (χ0v) is 7.44. The van der Waals surface area contributed by atoms with Gasteiger partial charge in [0.2, 0.25) is 0 Å². The maximum absolute atomic E-state index is 2.25. The van der Waals surface area contributed by atoms with E-state index < -0.39 is 0 Å². The Morgan fingerprint density at radius 2 is 2.08 bits per heavy atom. The topological polar surface area (TPSA) is 9.03 Å². The number of nitrogens with zero attached hydrogens (tertiary/aromatic N) is 2. The van der Waals surface area contributed by atoms with Gasteiger partial charge in [-0.2, -0.15) is 0 Å². The van der Waals surface area contributed by atoms with Crippen LogP contribution in [0.15, 0.2) is 36.8 Å². The summed E-state index contributed by atoms with van der Waals surface area (Å²) in [5.41, 5.74) is 1.24. The van der Waals surface area contributed by atoms with Crippen LogP contribution in [0.1, 0.15) is 19.9 Å². The first-order chi connectivity index (χ1) is 5.79. The van der Waals surface area contributed by atoms with Gasteiger partial charge in [0.05, 0.1) is 12.2 Å². The highest BCUT2D eigenvalue weighted by Crippen LogP contribution is 2.06. The largest absolute Gasteiger partial charge is 0.286 e. The van der Waals surface area contributed by atoms with E-state index in [1.807, 2.05) is 6.07 Å². The van der Waals surface area contributed by atoms with Crippen molar-refractivity contribution in [3.8, 4) is 0 Å². The van der Waals surface area contributed by atoms with Crippen molar-refractivity contribution >= 4 is 5.65 Å². The third-order valence-corrected chi connectivity index (χ3v) is 2.08. The molecule has 0 bridgehead atoms. The van der Waals surface area contributed by atoms with Crippen molar-refractivity contribution in [3.63, 3.8) is 0 Å². The van der Waals surface area contributed by atoms with E-state index in [4.69, 9.17) is 0 Å². The molecular formula is C10H13N2+. The summed E-state index contributed by atoms with van der Waals surface area (Å²) >= 11 is 0. The molecule has 12 heavy (non-hydrogen) atoms. The van der Waals surface area contributed by atoms with E-state index in [2.05, 4.69) is 53.5 Å². The molecular weight excluding hydrogens is 148 g/mol. The summed E-state index contributed by atoms with van der Waals surface area (Å²) in [4.78, 5) is 0. The van der Waals surface area contributed by atoms with Gasteiger partial charge in [0.25, 0.3) is 5.65 Å². The number of hydrogen-bond donors (Lipinski definition) is 0. The van der Waals surface area contributed by atoms with Gasteiger partial charge >= 0.3 is 0 Å². The maximum atomic E-state index is 2.25. The standard InChI is InChI=1S/C10H13N2/c1-9(2)12-8-7-11-6-4-3-5-10(11)12/h3-9H,1-2H3/q+1. The van der Waals surface area contributed by atoms with Gasteiger partial charge in [0, 0.05) is 6.07 Å². The quantitative estimate of drug-likeness (QED) is 0.564. The van der Waals surface area contributed by atoms with Crippen molar-refractivity contribution in [3.05, 3.63) is 36.8 Å². The Bertz CT molecular complexity index is 387. The Labute approximate surface area is 72.1 Å². The van der Waals surface area contributed by atoms with Gasteiger partial charge in [-0.1, -0.05) is 6.07 Å². The van der Waals surface area contributed by atoms with Crippen molar-refractivity contribution in [1.82, 2.24) is 4.57 Å². The third kappa shape index (κ3) is 0.998. The number of aromatic nitrogens is 2. The SMILES string of the molecule is CC(C)n1cc[n+]2ccccc12. The second-order valence-corrected chi connectivity index (χ2v) is 3.27. The van der Waals surface area contributed by atoms with E-state index >= 15 is 0 Å². The molecule has 2 aromatic rings. The smallest absolute Gasteiger partial charge is 0.228 e. The van der Waals surface area contributed by atoms with Crippen LogP contribution in [0.4, 0.5) is 0 Å². The minimum atomic E-state index is 0.525. The predicted octanol–water partition coefficient (Wildman–Crippen LogP) is 1.81. The molecule has 0 aliphatic carbocycles. The Morgan fingerprint density at radius 1 is 1.25 bits per heavy atom. The minimum Gasteiger partial charge on any atom is -0.228 e. The van der Waals surface area contributed by atoms with Crippen LogP contribution in [0.2, 0.25) is 0 Å². The van der Waals surface area contributed by atoms with Gasteiger partial charge < -0.3 is 0 Å². The van der Waals surface area contributed by atoms with E-state index in [1.165, 1.54) is 5.65 Å².